The minimum absolute atomic E-state index is 0.00770. The van der Waals surface area contributed by atoms with Gasteiger partial charge in [-0.1, -0.05) is 6.07 Å². The Bertz CT molecular complexity index is 615. The summed E-state index contributed by atoms with van der Waals surface area (Å²) in [5.41, 5.74) is -0.465. The average Bonchev–Trinajstić information content (AvgIpc) is 2.59. The van der Waals surface area contributed by atoms with Gasteiger partial charge in [0.25, 0.3) is 11.8 Å². The monoisotopic (exact) mass is 291 g/mol. The fraction of sp³-hybridized carbons (Fsp3) is 0.400. The molecular formula is C15H17NO5. The smallest absolute Gasteiger partial charge is 0.308 e. The van der Waals surface area contributed by atoms with E-state index in [1.807, 2.05) is 0 Å². The van der Waals surface area contributed by atoms with E-state index in [2.05, 4.69) is 0 Å². The SMILES string of the molecule is CC(C)(C)OC(=O)CCN1C(=O)c2cccc(O)c2C1=O. The Morgan fingerprint density at radius 3 is 2.48 bits per heavy atom. The second-order valence-corrected chi connectivity index (χ2v) is 5.80. The lowest BCUT2D eigenvalue weighted by molar-refractivity contribution is -0.154. The maximum atomic E-state index is 12.1. The van der Waals surface area contributed by atoms with Crippen molar-refractivity contribution < 1.29 is 24.2 Å². The van der Waals surface area contributed by atoms with E-state index in [0.717, 1.165) is 4.90 Å². The molecule has 0 bridgehead atoms. The van der Waals surface area contributed by atoms with Crippen molar-refractivity contribution >= 4 is 17.8 Å². The zero-order chi connectivity index (χ0) is 15.8. The number of esters is 1. The molecule has 0 radical (unpaired) electrons. The van der Waals surface area contributed by atoms with Gasteiger partial charge in [-0.25, -0.2) is 0 Å². The first kappa shape index (κ1) is 15.0. The van der Waals surface area contributed by atoms with Crippen molar-refractivity contribution in [3.05, 3.63) is 29.3 Å². The summed E-state index contributed by atoms with van der Waals surface area (Å²) in [7, 11) is 0. The molecule has 2 amide bonds. The van der Waals surface area contributed by atoms with Crippen LogP contribution in [0, 0.1) is 0 Å². The highest BCUT2D eigenvalue weighted by Gasteiger charge is 2.37. The summed E-state index contributed by atoms with van der Waals surface area (Å²) in [6.45, 7) is 5.15. The predicted molar refractivity (Wildman–Crippen MR) is 73.9 cm³/mol. The van der Waals surface area contributed by atoms with Crippen LogP contribution in [0.3, 0.4) is 0 Å². The maximum Gasteiger partial charge on any atom is 0.308 e. The summed E-state index contributed by atoms with van der Waals surface area (Å²) in [5, 5.41) is 9.68. The van der Waals surface area contributed by atoms with Gasteiger partial charge in [-0.2, -0.15) is 0 Å². The molecule has 1 aliphatic heterocycles. The second kappa shape index (κ2) is 5.20. The van der Waals surface area contributed by atoms with Crippen LogP contribution in [0.25, 0.3) is 0 Å². The zero-order valence-electron chi connectivity index (χ0n) is 12.2. The number of hydrogen-bond acceptors (Lipinski definition) is 5. The molecule has 6 nitrogen and oxygen atoms in total. The molecule has 0 fully saturated rings. The van der Waals surface area contributed by atoms with Crippen molar-refractivity contribution in [1.82, 2.24) is 4.90 Å². The molecule has 1 aliphatic rings. The van der Waals surface area contributed by atoms with Gasteiger partial charge < -0.3 is 9.84 Å². The Morgan fingerprint density at radius 2 is 1.90 bits per heavy atom. The number of benzene rings is 1. The number of carbonyl (C=O) groups excluding carboxylic acids is 3. The van der Waals surface area contributed by atoms with Gasteiger partial charge in [-0.3, -0.25) is 19.3 Å². The molecule has 0 aliphatic carbocycles. The molecule has 2 rings (SSSR count). The molecule has 0 unspecified atom stereocenters. The van der Waals surface area contributed by atoms with E-state index >= 15 is 0 Å². The van der Waals surface area contributed by atoms with Crippen LogP contribution in [-0.4, -0.2) is 39.9 Å². The van der Waals surface area contributed by atoms with Gasteiger partial charge in [0.05, 0.1) is 17.5 Å². The first-order chi connectivity index (χ1) is 9.70. The normalized spacial score (nSPS) is 14.3. The van der Waals surface area contributed by atoms with E-state index in [-0.39, 0.29) is 29.8 Å². The molecule has 1 heterocycles. The van der Waals surface area contributed by atoms with E-state index in [1.54, 1.807) is 20.8 Å². The van der Waals surface area contributed by atoms with Crippen LogP contribution >= 0.6 is 0 Å². The van der Waals surface area contributed by atoms with Gasteiger partial charge in [-0.05, 0) is 32.9 Å². The molecule has 0 aromatic heterocycles. The van der Waals surface area contributed by atoms with E-state index in [4.69, 9.17) is 4.74 Å². The number of rotatable bonds is 3. The van der Waals surface area contributed by atoms with Gasteiger partial charge in [0.15, 0.2) is 0 Å². The van der Waals surface area contributed by atoms with E-state index in [1.165, 1.54) is 18.2 Å². The number of amides is 2. The molecule has 1 N–H and O–H groups in total. The van der Waals surface area contributed by atoms with E-state index in [9.17, 15) is 19.5 Å². The number of hydrogen-bond donors (Lipinski definition) is 1. The summed E-state index contributed by atoms with van der Waals surface area (Å²) in [5.74, 6) is -1.81. The highest BCUT2D eigenvalue weighted by Crippen LogP contribution is 2.30. The standard InChI is InChI=1S/C15H17NO5/c1-15(2,3)21-11(18)7-8-16-13(19)9-5-4-6-10(17)12(9)14(16)20/h4-6,17H,7-8H2,1-3H3. The van der Waals surface area contributed by atoms with Crippen LogP contribution in [0.2, 0.25) is 0 Å². The molecular weight excluding hydrogens is 274 g/mol. The van der Waals surface area contributed by atoms with Crippen LogP contribution in [0.5, 0.6) is 5.75 Å². The summed E-state index contributed by atoms with van der Waals surface area (Å²) in [4.78, 5) is 36.8. The zero-order valence-corrected chi connectivity index (χ0v) is 12.2. The average molecular weight is 291 g/mol. The fourth-order valence-corrected chi connectivity index (χ4v) is 2.11. The Hall–Kier alpha value is -2.37. The number of ether oxygens (including phenoxy) is 1. The summed E-state index contributed by atoms with van der Waals surface area (Å²) in [6.07, 6.45) is -0.0799. The van der Waals surface area contributed by atoms with Crippen molar-refractivity contribution in [2.45, 2.75) is 32.8 Å². The van der Waals surface area contributed by atoms with Gasteiger partial charge in [0.2, 0.25) is 0 Å². The Labute approximate surface area is 122 Å². The molecule has 21 heavy (non-hydrogen) atoms. The fourth-order valence-electron chi connectivity index (χ4n) is 2.11. The molecule has 0 spiro atoms. The number of phenols is 1. The van der Waals surface area contributed by atoms with Crippen molar-refractivity contribution in [1.29, 1.82) is 0 Å². The summed E-state index contributed by atoms with van der Waals surface area (Å²) < 4.78 is 5.13. The lowest BCUT2D eigenvalue weighted by Gasteiger charge is -2.20. The molecule has 1 aromatic rings. The van der Waals surface area contributed by atoms with Crippen LogP contribution in [0.1, 0.15) is 47.9 Å². The Kier molecular flexibility index (Phi) is 3.72. The number of fused-ring (bicyclic) bond motifs is 1. The van der Waals surface area contributed by atoms with Gasteiger partial charge >= 0.3 is 5.97 Å². The van der Waals surface area contributed by atoms with E-state index in [0.29, 0.717) is 0 Å². The quantitative estimate of drug-likeness (QED) is 0.677. The highest BCUT2D eigenvalue weighted by atomic mass is 16.6. The van der Waals surface area contributed by atoms with Gasteiger partial charge in [0.1, 0.15) is 11.4 Å². The summed E-state index contributed by atoms with van der Waals surface area (Å²) in [6, 6.07) is 4.32. The first-order valence-electron chi connectivity index (χ1n) is 6.61. The number of imide groups is 1. The third-order valence-corrected chi connectivity index (χ3v) is 2.94. The molecule has 0 saturated carbocycles. The molecule has 1 aromatic carbocycles. The summed E-state index contributed by atoms with van der Waals surface area (Å²) >= 11 is 0. The van der Waals surface area contributed by atoms with Crippen molar-refractivity contribution in [3.8, 4) is 5.75 Å². The lowest BCUT2D eigenvalue weighted by Crippen LogP contribution is -2.33. The predicted octanol–water partition coefficient (Wildman–Crippen LogP) is 1.72. The molecule has 0 saturated heterocycles. The molecule has 0 atom stereocenters. The number of nitrogens with zero attached hydrogens (tertiary/aromatic N) is 1. The lowest BCUT2D eigenvalue weighted by atomic mass is 10.1. The van der Waals surface area contributed by atoms with Crippen LogP contribution in [-0.2, 0) is 9.53 Å². The third kappa shape index (κ3) is 3.04. The Morgan fingerprint density at radius 1 is 1.24 bits per heavy atom. The molecule has 112 valence electrons. The third-order valence-electron chi connectivity index (χ3n) is 2.94. The maximum absolute atomic E-state index is 12.1. The molecule has 6 heteroatoms. The highest BCUT2D eigenvalue weighted by molar-refractivity contribution is 6.22. The van der Waals surface area contributed by atoms with Gasteiger partial charge in [0, 0.05) is 6.54 Å². The van der Waals surface area contributed by atoms with Crippen LogP contribution < -0.4 is 0 Å². The van der Waals surface area contributed by atoms with Crippen molar-refractivity contribution in [2.75, 3.05) is 6.54 Å². The van der Waals surface area contributed by atoms with Crippen molar-refractivity contribution in [2.24, 2.45) is 0 Å². The van der Waals surface area contributed by atoms with Crippen LogP contribution in [0.4, 0.5) is 0 Å². The van der Waals surface area contributed by atoms with Crippen LogP contribution in [0.15, 0.2) is 18.2 Å². The Balaban J connectivity index is 2.08. The second-order valence-electron chi connectivity index (χ2n) is 5.80. The first-order valence-corrected chi connectivity index (χ1v) is 6.61. The minimum atomic E-state index is -0.614. The largest absolute Gasteiger partial charge is 0.507 e. The minimum Gasteiger partial charge on any atom is -0.507 e. The number of carbonyl (C=O) groups is 3. The van der Waals surface area contributed by atoms with Gasteiger partial charge in [-0.15, -0.1) is 0 Å². The number of phenolic OH excluding ortho intramolecular Hbond substituents is 1. The van der Waals surface area contributed by atoms with Crippen molar-refractivity contribution in [3.63, 3.8) is 0 Å². The number of aromatic hydroxyl groups is 1. The topological polar surface area (TPSA) is 83.9 Å². The van der Waals surface area contributed by atoms with E-state index < -0.39 is 23.4 Å².